The lowest BCUT2D eigenvalue weighted by molar-refractivity contribution is -0.165. The number of carboxylic acid groups (broad SMARTS) is 2. The fraction of sp³-hybridized carbons (Fsp3) is 0.200. The number of carboxylic acids is 2. The molecule has 0 radical (unpaired) electrons. The SMILES string of the molecule is Clc1ccc([C@@H]2CNCc3cc(-c4ccc5ncnn5c4)ccc32)cc1Cl.O=C(O)C(O)C(O)C(=O)O. The van der Waals surface area contributed by atoms with Gasteiger partial charge in [0.15, 0.2) is 17.9 Å². The number of hydrogen-bond acceptors (Lipinski definition) is 7. The standard InChI is InChI=1S/C21H16Cl2N4.C4H6O6/c22-19-5-2-14(8-20(19)23)18-10-24-9-16-7-13(1-4-17(16)18)15-3-6-21-25-12-26-27(21)11-15;5-1(3(7)8)2(6)4(9)10/h1-8,11-12,18,24H,9-10H2;1-2,5-6H,(H,7,8)(H,9,10)/t18-;/m0./s1. The first kappa shape index (κ1) is 26.5. The smallest absolute Gasteiger partial charge is 0.335 e. The van der Waals surface area contributed by atoms with E-state index in [4.69, 9.17) is 43.6 Å². The summed E-state index contributed by atoms with van der Waals surface area (Å²) < 4.78 is 1.80. The van der Waals surface area contributed by atoms with Crippen LogP contribution >= 0.6 is 23.2 Å². The second-order valence-electron chi connectivity index (χ2n) is 8.32. The van der Waals surface area contributed by atoms with E-state index in [1.807, 2.05) is 24.4 Å². The summed E-state index contributed by atoms with van der Waals surface area (Å²) in [6.45, 7) is 1.74. The van der Waals surface area contributed by atoms with Gasteiger partial charge in [0.2, 0.25) is 0 Å². The molecule has 2 aromatic heterocycles. The summed E-state index contributed by atoms with van der Waals surface area (Å²) >= 11 is 12.3. The molecule has 12 heteroatoms. The van der Waals surface area contributed by atoms with Crippen LogP contribution in [0.3, 0.4) is 0 Å². The summed E-state index contributed by atoms with van der Waals surface area (Å²) in [7, 11) is 0. The van der Waals surface area contributed by atoms with E-state index >= 15 is 0 Å². The Morgan fingerprint density at radius 1 is 0.946 bits per heavy atom. The maximum Gasteiger partial charge on any atom is 0.335 e. The van der Waals surface area contributed by atoms with E-state index in [0.29, 0.717) is 10.0 Å². The van der Waals surface area contributed by atoms with Crippen LogP contribution in [0.4, 0.5) is 0 Å². The van der Waals surface area contributed by atoms with Crippen molar-refractivity contribution in [3.63, 3.8) is 0 Å². The van der Waals surface area contributed by atoms with Crippen LogP contribution in [0.1, 0.15) is 22.6 Å². The van der Waals surface area contributed by atoms with Crippen molar-refractivity contribution >= 4 is 40.8 Å². The zero-order valence-corrected chi connectivity index (χ0v) is 20.6. The molecule has 0 saturated carbocycles. The Balaban J connectivity index is 0.000000275. The molecule has 0 spiro atoms. The van der Waals surface area contributed by atoms with Gasteiger partial charge in [-0.15, -0.1) is 0 Å². The van der Waals surface area contributed by atoms with Gasteiger partial charge in [-0.1, -0.05) is 41.4 Å². The average molecular weight is 545 g/mol. The Kier molecular flexibility index (Phi) is 8.06. The van der Waals surface area contributed by atoms with Crippen molar-refractivity contribution in [3.05, 3.63) is 87.8 Å². The molecule has 5 N–H and O–H groups in total. The molecule has 2 unspecified atom stereocenters. The van der Waals surface area contributed by atoms with Crippen LogP contribution in [-0.2, 0) is 16.1 Å². The maximum atomic E-state index is 9.77. The lowest BCUT2D eigenvalue weighted by Crippen LogP contribution is -2.39. The molecule has 0 aliphatic carbocycles. The number of halogens is 2. The van der Waals surface area contributed by atoms with E-state index in [9.17, 15) is 9.59 Å². The van der Waals surface area contributed by atoms with Gasteiger partial charge in [0.05, 0.1) is 10.0 Å². The first-order chi connectivity index (χ1) is 17.7. The Labute approximate surface area is 220 Å². The van der Waals surface area contributed by atoms with Crippen molar-refractivity contribution in [1.29, 1.82) is 0 Å². The predicted octanol–water partition coefficient (Wildman–Crippen LogP) is 2.82. The third-order valence-corrected chi connectivity index (χ3v) is 6.68. The van der Waals surface area contributed by atoms with Gasteiger partial charge in [-0.05, 0) is 52.6 Å². The Hall–Kier alpha value is -3.54. The van der Waals surface area contributed by atoms with Crippen LogP contribution in [0.2, 0.25) is 10.0 Å². The van der Waals surface area contributed by atoms with Crippen LogP contribution in [-0.4, -0.2) is 65.7 Å². The van der Waals surface area contributed by atoms with Crippen LogP contribution in [0.25, 0.3) is 16.8 Å². The molecule has 5 rings (SSSR count). The van der Waals surface area contributed by atoms with Gasteiger partial charge in [0.25, 0.3) is 0 Å². The molecule has 0 saturated heterocycles. The number of aliphatic hydroxyl groups is 2. The van der Waals surface area contributed by atoms with E-state index in [-0.39, 0.29) is 5.92 Å². The number of fused-ring (bicyclic) bond motifs is 2. The lowest BCUT2D eigenvalue weighted by Gasteiger charge is -2.27. The van der Waals surface area contributed by atoms with Crippen LogP contribution in [0.5, 0.6) is 0 Å². The average Bonchev–Trinajstić information content (AvgIpc) is 3.37. The molecule has 0 fully saturated rings. The summed E-state index contributed by atoms with van der Waals surface area (Å²) in [5.41, 5.74) is 6.94. The molecule has 0 amide bonds. The Morgan fingerprint density at radius 2 is 1.65 bits per heavy atom. The Bertz CT molecular complexity index is 1440. The summed E-state index contributed by atoms with van der Waals surface area (Å²) in [5.74, 6) is -3.28. The number of rotatable bonds is 5. The Morgan fingerprint density at radius 3 is 2.32 bits per heavy atom. The fourth-order valence-corrected chi connectivity index (χ4v) is 4.33. The number of pyridine rings is 1. The number of nitrogens with zero attached hydrogens (tertiary/aromatic N) is 3. The minimum absolute atomic E-state index is 0.260. The second-order valence-corrected chi connectivity index (χ2v) is 9.13. The normalized spacial score (nSPS) is 16.3. The fourth-order valence-electron chi connectivity index (χ4n) is 4.02. The lowest BCUT2D eigenvalue weighted by atomic mass is 9.84. The third kappa shape index (κ3) is 5.90. The number of nitrogens with one attached hydrogen (secondary N) is 1. The number of aliphatic carboxylic acids is 2. The minimum atomic E-state index is -2.27. The van der Waals surface area contributed by atoms with Gasteiger partial charge in [-0.25, -0.2) is 19.1 Å². The number of aromatic nitrogens is 3. The molecular weight excluding hydrogens is 523 g/mol. The molecule has 37 heavy (non-hydrogen) atoms. The molecule has 192 valence electrons. The highest BCUT2D eigenvalue weighted by molar-refractivity contribution is 6.42. The minimum Gasteiger partial charge on any atom is -0.479 e. The topological polar surface area (TPSA) is 157 Å². The largest absolute Gasteiger partial charge is 0.479 e. The zero-order chi connectivity index (χ0) is 26.7. The summed E-state index contributed by atoms with van der Waals surface area (Å²) in [5, 5.41) is 41.5. The van der Waals surface area contributed by atoms with Crippen LogP contribution in [0, 0.1) is 0 Å². The number of carbonyl (C=O) groups is 2. The highest BCUT2D eigenvalue weighted by Gasteiger charge is 2.29. The first-order valence-corrected chi connectivity index (χ1v) is 11.8. The quantitative estimate of drug-likeness (QED) is 0.254. The molecular formula is C25H22Cl2N4O6. The predicted molar refractivity (Wildman–Crippen MR) is 136 cm³/mol. The third-order valence-electron chi connectivity index (χ3n) is 5.94. The van der Waals surface area contributed by atoms with Gasteiger partial charge in [0.1, 0.15) is 6.33 Å². The summed E-state index contributed by atoms with van der Waals surface area (Å²) in [6, 6.07) is 16.6. The number of aliphatic hydroxyl groups excluding tert-OH is 2. The number of benzene rings is 2. The first-order valence-electron chi connectivity index (χ1n) is 11.1. The van der Waals surface area contributed by atoms with Gasteiger partial charge in [0, 0.05) is 30.8 Å². The van der Waals surface area contributed by atoms with Crippen molar-refractivity contribution < 1.29 is 30.0 Å². The van der Waals surface area contributed by atoms with Gasteiger partial charge < -0.3 is 25.7 Å². The highest BCUT2D eigenvalue weighted by atomic mass is 35.5. The van der Waals surface area contributed by atoms with Crippen LogP contribution < -0.4 is 5.32 Å². The molecule has 3 heterocycles. The number of hydrogen-bond donors (Lipinski definition) is 5. The summed E-state index contributed by atoms with van der Waals surface area (Å²) in [6.07, 6.45) is -0.955. The molecule has 1 aliphatic heterocycles. The van der Waals surface area contributed by atoms with E-state index in [1.54, 1.807) is 10.8 Å². The molecule has 3 atom stereocenters. The second kappa shape index (κ2) is 11.2. The van der Waals surface area contributed by atoms with Crippen molar-refractivity contribution in [3.8, 4) is 11.1 Å². The van der Waals surface area contributed by atoms with E-state index in [2.05, 4.69) is 45.7 Å². The van der Waals surface area contributed by atoms with E-state index in [0.717, 1.165) is 24.3 Å². The maximum absolute atomic E-state index is 9.77. The van der Waals surface area contributed by atoms with Gasteiger partial charge in [-0.2, -0.15) is 5.10 Å². The van der Waals surface area contributed by atoms with E-state index in [1.165, 1.54) is 22.3 Å². The molecule has 1 aliphatic rings. The van der Waals surface area contributed by atoms with Crippen LogP contribution in [0.15, 0.2) is 61.1 Å². The van der Waals surface area contributed by atoms with Crippen molar-refractivity contribution in [2.24, 2.45) is 0 Å². The molecule has 2 aromatic carbocycles. The van der Waals surface area contributed by atoms with Crippen molar-refractivity contribution in [2.75, 3.05) is 6.54 Å². The molecule has 10 nitrogen and oxygen atoms in total. The van der Waals surface area contributed by atoms with Gasteiger partial charge >= 0.3 is 11.9 Å². The van der Waals surface area contributed by atoms with Crippen molar-refractivity contribution in [2.45, 2.75) is 24.7 Å². The highest BCUT2D eigenvalue weighted by Crippen LogP contribution is 2.35. The molecule has 4 aromatic rings. The van der Waals surface area contributed by atoms with Crippen molar-refractivity contribution in [1.82, 2.24) is 19.9 Å². The molecule has 0 bridgehead atoms. The zero-order valence-electron chi connectivity index (χ0n) is 19.1. The summed E-state index contributed by atoms with van der Waals surface area (Å²) in [4.78, 5) is 23.7. The van der Waals surface area contributed by atoms with Gasteiger partial charge in [-0.3, -0.25) is 0 Å². The van der Waals surface area contributed by atoms with E-state index < -0.39 is 24.1 Å². The monoisotopic (exact) mass is 544 g/mol.